The van der Waals surface area contributed by atoms with Crippen LogP contribution in [0.4, 0.5) is 11.6 Å². The highest BCUT2D eigenvalue weighted by molar-refractivity contribution is 6.31. The minimum atomic E-state index is 0.573. The van der Waals surface area contributed by atoms with Gasteiger partial charge in [0.2, 0.25) is 5.95 Å². The maximum atomic E-state index is 6.15. The molecule has 2 N–H and O–H groups in total. The highest BCUT2D eigenvalue weighted by Gasteiger charge is 2.09. The summed E-state index contributed by atoms with van der Waals surface area (Å²) in [4.78, 5) is 7.57. The molecule has 152 valence electrons. The molecule has 0 aliphatic rings. The molecule has 31 heavy (non-hydrogen) atoms. The van der Waals surface area contributed by atoms with Crippen molar-refractivity contribution < 1.29 is 4.74 Å². The average molecular weight is 428 g/mol. The molecule has 0 unspecified atom stereocenters. The number of aromatic amines is 1. The lowest BCUT2D eigenvalue weighted by atomic mass is 10.2. The number of hydrogen-bond acceptors (Lipinski definition) is 5. The lowest BCUT2D eigenvalue weighted by Crippen LogP contribution is -1.92. The predicted molar refractivity (Wildman–Crippen MR) is 123 cm³/mol. The summed E-state index contributed by atoms with van der Waals surface area (Å²) in [5.41, 5.74) is 3.76. The summed E-state index contributed by atoms with van der Waals surface area (Å²) in [6.07, 6.45) is 1.71. The highest BCUT2D eigenvalue weighted by atomic mass is 35.5. The molecule has 5 rings (SSSR count). The molecule has 0 radical (unpaired) electrons. The van der Waals surface area contributed by atoms with E-state index in [1.54, 1.807) is 6.20 Å². The Balaban J connectivity index is 1.39. The van der Waals surface area contributed by atoms with E-state index in [0.717, 1.165) is 22.2 Å². The van der Waals surface area contributed by atoms with Crippen LogP contribution in [0.1, 0.15) is 5.56 Å². The summed E-state index contributed by atoms with van der Waals surface area (Å²) >= 11 is 6.08. The van der Waals surface area contributed by atoms with Gasteiger partial charge in [0, 0.05) is 27.9 Å². The topological polar surface area (TPSA) is 75.7 Å². The SMILES string of the molecule is Cc1cccc(Nc2nnc(-c3cccc(Oc4ccnc5cc(Cl)ccc45)c3)[nH]2)c1. The number of halogens is 1. The molecule has 7 heteroatoms. The predicted octanol–water partition coefficient (Wildman–Crippen LogP) is 6.52. The van der Waals surface area contributed by atoms with Gasteiger partial charge in [0.1, 0.15) is 11.5 Å². The third-order valence-corrected chi connectivity index (χ3v) is 5.00. The van der Waals surface area contributed by atoms with Crippen molar-refractivity contribution in [3.63, 3.8) is 0 Å². The van der Waals surface area contributed by atoms with Crippen molar-refractivity contribution in [2.24, 2.45) is 0 Å². The number of fused-ring (bicyclic) bond motifs is 1. The van der Waals surface area contributed by atoms with Crippen LogP contribution < -0.4 is 10.1 Å². The van der Waals surface area contributed by atoms with Crippen LogP contribution in [0.5, 0.6) is 11.5 Å². The second-order valence-corrected chi connectivity index (χ2v) is 7.55. The van der Waals surface area contributed by atoms with Crippen molar-refractivity contribution in [1.82, 2.24) is 20.2 Å². The van der Waals surface area contributed by atoms with Crippen LogP contribution in [0.3, 0.4) is 0 Å². The fourth-order valence-electron chi connectivity index (χ4n) is 3.33. The van der Waals surface area contributed by atoms with Gasteiger partial charge in [-0.1, -0.05) is 35.9 Å². The quantitative estimate of drug-likeness (QED) is 0.334. The lowest BCUT2D eigenvalue weighted by Gasteiger charge is -2.09. The van der Waals surface area contributed by atoms with Gasteiger partial charge in [-0.25, -0.2) is 0 Å². The number of benzene rings is 3. The van der Waals surface area contributed by atoms with Crippen molar-refractivity contribution in [2.45, 2.75) is 6.92 Å². The van der Waals surface area contributed by atoms with E-state index in [4.69, 9.17) is 16.3 Å². The maximum Gasteiger partial charge on any atom is 0.226 e. The summed E-state index contributed by atoms with van der Waals surface area (Å²) in [6.45, 7) is 2.04. The molecule has 0 amide bonds. The molecular formula is C24H18ClN5O. The van der Waals surface area contributed by atoms with Gasteiger partial charge in [-0.2, -0.15) is 0 Å². The number of anilines is 2. The molecule has 2 aromatic heterocycles. The molecule has 0 aliphatic heterocycles. The first kappa shape index (κ1) is 19.1. The Labute approximate surface area is 183 Å². The van der Waals surface area contributed by atoms with E-state index < -0.39 is 0 Å². The van der Waals surface area contributed by atoms with Gasteiger partial charge in [-0.3, -0.25) is 4.98 Å². The molecule has 3 aromatic carbocycles. The first-order chi connectivity index (χ1) is 15.1. The molecule has 0 aliphatic carbocycles. The Kier molecular flexibility index (Phi) is 4.98. The van der Waals surface area contributed by atoms with Crippen LogP contribution in [-0.2, 0) is 0 Å². The van der Waals surface area contributed by atoms with Crippen molar-refractivity contribution in [2.75, 3.05) is 5.32 Å². The van der Waals surface area contributed by atoms with Gasteiger partial charge in [0.05, 0.1) is 5.52 Å². The van der Waals surface area contributed by atoms with E-state index in [1.807, 2.05) is 79.7 Å². The molecule has 0 saturated carbocycles. The minimum Gasteiger partial charge on any atom is -0.457 e. The Morgan fingerprint density at radius 3 is 2.74 bits per heavy atom. The largest absolute Gasteiger partial charge is 0.457 e. The first-order valence-electron chi connectivity index (χ1n) is 9.73. The number of aryl methyl sites for hydroxylation is 1. The Morgan fingerprint density at radius 1 is 0.935 bits per heavy atom. The Hall–Kier alpha value is -3.90. The first-order valence-corrected chi connectivity index (χ1v) is 10.1. The molecule has 2 heterocycles. The smallest absolute Gasteiger partial charge is 0.226 e. The zero-order chi connectivity index (χ0) is 21.2. The molecule has 0 bridgehead atoms. The van der Waals surface area contributed by atoms with Crippen molar-refractivity contribution in [1.29, 1.82) is 0 Å². The highest BCUT2D eigenvalue weighted by Crippen LogP contribution is 2.31. The maximum absolute atomic E-state index is 6.15. The van der Waals surface area contributed by atoms with E-state index in [1.165, 1.54) is 5.56 Å². The Morgan fingerprint density at radius 2 is 1.84 bits per heavy atom. The fourth-order valence-corrected chi connectivity index (χ4v) is 3.49. The second-order valence-electron chi connectivity index (χ2n) is 7.12. The number of pyridine rings is 1. The second kappa shape index (κ2) is 8.08. The number of nitrogens with zero attached hydrogens (tertiary/aromatic N) is 3. The third kappa shape index (κ3) is 4.20. The van der Waals surface area contributed by atoms with Crippen LogP contribution in [0.25, 0.3) is 22.3 Å². The number of H-pyrrole nitrogens is 1. The van der Waals surface area contributed by atoms with Crippen LogP contribution in [0, 0.1) is 6.92 Å². The van der Waals surface area contributed by atoms with Gasteiger partial charge in [-0.15, -0.1) is 10.2 Å². The number of aromatic nitrogens is 4. The Bertz CT molecular complexity index is 1380. The zero-order valence-corrected chi connectivity index (χ0v) is 17.4. The molecule has 0 spiro atoms. The van der Waals surface area contributed by atoms with E-state index >= 15 is 0 Å². The molecule has 5 aromatic rings. The number of rotatable bonds is 5. The summed E-state index contributed by atoms with van der Waals surface area (Å²) in [5.74, 6) is 2.61. The molecule has 0 atom stereocenters. The number of hydrogen-bond donors (Lipinski definition) is 2. The average Bonchev–Trinajstić information content (AvgIpc) is 3.22. The molecule has 0 saturated heterocycles. The summed E-state index contributed by atoms with van der Waals surface area (Å²) in [5, 5.41) is 13.2. The lowest BCUT2D eigenvalue weighted by molar-refractivity contribution is 0.488. The monoisotopic (exact) mass is 427 g/mol. The molecular weight excluding hydrogens is 410 g/mol. The van der Waals surface area contributed by atoms with Gasteiger partial charge >= 0.3 is 0 Å². The molecule has 0 fully saturated rings. The van der Waals surface area contributed by atoms with E-state index in [0.29, 0.717) is 28.3 Å². The van der Waals surface area contributed by atoms with Crippen LogP contribution in [0.2, 0.25) is 5.02 Å². The molecule has 6 nitrogen and oxygen atoms in total. The normalized spacial score (nSPS) is 10.9. The summed E-state index contributed by atoms with van der Waals surface area (Å²) in [6, 6.07) is 23.1. The van der Waals surface area contributed by atoms with Gasteiger partial charge in [0.15, 0.2) is 5.82 Å². The van der Waals surface area contributed by atoms with Crippen LogP contribution in [0.15, 0.2) is 79.0 Å². The van der Waals surface area contributed by atoms with E-state index in [9.17, 15) is 0 Å². The van der Waals surface area contributed by atoms with Gasteiger partial charge in [0.25, 0.3) is 0 Å². The van der Waals surface area contributed by atoms with E-state index in [2.05, 4.69) is 25.5 Å². The zero-order valence-electron chi connectivity index (χ0n) is 16.6. The van der Waals surface area contributed by atoms with E-state index in [-0.39, 0.29) is 0 Å². The minimum absolute atomic E-state index is 0.573. The summed E-state index contributed by atoms with van der Waals surface area (Å²) < 4.78 is 6.15. The van der Waals surface area contributed by atoms with Crippen LogP contribution >= 0.6 is 11.6 Å². The van der Waals surface area contributed by atoms with Crippen molar-refractivity contribution in [3.05, 3.63) is 89.6 Å². The van der Waals surface area contributed by atoms with Gasteiger partial charge in [-0.05, 0) is 61.0 Å². The third-order valence-electron chi connectivity index (χ3n) is 4.77. The van der Waals surface area contributed by atoms with Gasteiger partial charge < -0.3 is 15.0 Å². The standard InChI is InChI=1S/C24H18ClN5O/c1-15-4-2-6-18(12-15)27-24-28-23(29-30-24)16-5-3-7-19(13-16)31-22-10-11-26-21-14-17(25)8-9-20(21)22/h2-14H,1H3,(H2,27,28,29,30). The van der Waals surface area contributed by atoms with Crippen LogP contribution in [-0.4, -0.2) is 20.2 Å². The van der Waals surface area contributed by atoms with Crippen molar-refractivity contribution in [3.8, 4) is 22.9 Å². The number of nitrogens with one attached hydrogen (secondary N) is 2. The number of ether oxygens (including phenoxy) is 1. The summed E-state index contributed by atoms with van der Waals surface area (Å²) in [7, 11) is 0. The fraction of sp³-hybridized carbons (Fsp3) is 0.0417. The van der Waals surface area contributed by atoms with Crippen molar-refractivity contribution >= 4 is 34.1 Å².